The molecule has 0 amide bonds. The third-order valence-corrected chi connectivity index (χ3v) is 5.65. The van der Waals surface area contributed by atoms with Crippen LogP contribution in [0.3, 0.4) is 0 Å². The lowest BCUT2D eigenvalue weighted by atomic mass is 9.90. The summed E-state index contributed by atoms with van der Waals surface area (Å²) in [5.74, 6) is 0.402. The van der Waals surface area contributed by atoms with Gasteiger partial charge in [0, 0.05) is 36.4 Å². The molecule has 1 saturated heterocycles. The monoisotopic (exact) mass is 433 g/mol. The largest absolute Gasteiger partial charge is 0.413 e. The third kappa shape index (κ3) is 4.38. The van der Waals surface area contributed by atoms with Crippen molar-refractivity contribution in [2.75, 3.05) is 13.1 Å². The van der Waals surface area contributed by atoms with Crippen LogP contribution in [0.25, 0.3) is 16.5 Å². The van der Waals surface area contributed by atoms with Crippen molar-refractivity contribution in [3.8, 4) is 0 Å². The predicted molar refractivity (Wildman–Crippen MR) is 119 cm³/mol. The minimum absolute atomic E-state index is 0.402. The minimum atomic E-state index is -4.40. The molecule has 2 heterocycles. The summed E-state index contributed by atoms with van der Waals surface area (Å²) in [6.07, 6.45) is 0.459. The van der Waals surface area contributed by atoms with Crippen molar-refractivity contribution in [3.63, 3.8) is 0 Å². The highest BCUT2D eigenvalue weighted by Gasteiger charge is 2.30. The van der Waals surface area contributed by atoms with E-state index in [-0.39, 0.29) is 0 Å². The molecule has 1 N–H and O–H groups in total. The van der Waals surface area contributed by atoms with Crippen molar-refractivity contribution in [3.05, 3.63) is 77.1 Å². The topological polar surface area (TPSA) is 31.4 Å². The fourth-order valence-corrected chi connectivity index (χ4v) is 3.71. The summed E-state index contributed by atoms with van der Waals surface area (Å²) in [4.78, 5) is 9.12. The van der Waals surface area contributed by atoms with Crippen LogP contribution < -0.4 is 0 Å². The number of aromatic amines is 1. The summed E-state index contributed by atoms with van der Waals surface area (Å²) in [7, 11) is 0. The van der Waals surface area contributed by atoms with E-state index < -0.39 is 11.7 Å². The molecule has 1 aromatic carbocycles. The molecular formula is C23H23ClF3N3. The molecule has 7 heteroatoms. The standard InChI is InChI=1S/C23H23ClF3N3/c1-5-21(29-12-15(3)23(25,26)27)30-11-9-14(2)19(13-30)16(4)17-6-7-20(24)22-18(17)8-10-28-22/h5-8,10,12,28H,1-2,9,11,13H2,3-4H3/b15-12+,19-16+,29-21+. The van der Waals surface area contributed by atoms with E-state index in [0.29, 0.717) is 30.4 Å². The molecule has 1 aromatic heterocycles. The summed E-state index contributed by atoms with van der Waals surface area (Å²) < 4.78 is 38.3. The van der Waals surface area contributed by atoms with Crippen LogP contribution in [0.1, 0.15) is 25.8 Å². The normalized spacial score (nSPS) is 18.2. The first-order chi connectivity index (χ1) is 14.1. The molecule has 1 aliphatic heterocycles. The maximum Gasteiger partial charge on any atom is 0.413 e. The first-order valence-corrected chi connectivity index (χ1v) is 9.84. The van der Waals surface area contributed by atoms with Gasteiger partial charge in [0.1, 0.15) is 5.84 Å². The van der Waals surface area contributed by atoms with Crippen molar-refractivity contribution in [2.45, 2.75) is 26.4 Å². The predicted octanol–water partition coefficient (Wildman–Crippen LogP) is 6.91. The molecule has 3 rings (SSSR count). The number of halogens is 4. The zero-order valence-electron chi connectivity index (χ0n) is 16.9. The van der Waals surface area contributed by atoms with Crippen LogP contribution in [-0.4, -0.2) is 35.0 Å². The quantitative estimate of drug-likeness (QED) is 0.414. The van der Waals surface area contributed by atoms with E-state index in [9.17, 15) is 13.2 Å². The summed E-state index contributed by atoms with van der Waals surface area (Å²) in [6, 6.07) is 5.81. The Labute approximate surface area is 178 Å². The molecular weight excluding hydrogens is 411 g/mol. The van der Waals surface area contributed by atoms with Crippen LogP contribution in [0.2, 0.25) is 5.02 Å². The van der Waals surface area contributed by atoms with Crippen molar-refractivity contribution in [1.82, 2.24) is 9.88 Å². The highest BCUT2D eigenvalue weighted by Crippen LogP contribution is 2.34. The van der Waals surface area contributed by atoms with Gasteiger partial charge in [0.25, 0.3) is 0 Å². The number of aromatic nitrogens is 1. The van der Waals surface area contributed by atoms with Crippen LogP contribution in [0.5, 0.6) is 0 Å². The fraction of sp³-hybridized carbons (Fsp3) is 0.261. The van der Waals surface area contributed by atoms with Gasteiger partial charge in [-0.1, -0.05) is 30.8 Å². The smallest absolute Gasteiger partial charge is 0.360 e. The Balaban J connectivity index is 1.98. The highest BCUT2D eigenvalue weighted by atomic mass is 35.5. The zero-order chi connectivity index (χ0) is 22.1. The van der Waals surface area contributed by atoms with E-state index in [1.54, 1.807) is 0 Å². The summed E-state index contributed by atoms with van der Waals surface area (Å²) in [6.45, 7) is 12.1. The molecule has 0 aliphatic carbocycles. The van der Waals surface area contributed by atoms with E-state index in [0.717, 1.165) is 46.3 Å². The SMILES string of the molecule is C=C/C(=N\C=C(/C)C(F)(F)F)N1CCC(=C)/C(=C(\C)c2ccc(Cl)c3[nH]ccc23)C1. The Morgan fingerprint density at radius 3 is 2.67 bits per heavy atom. The highest BCUT2D eigenvalue weighted by molar-refractivity contribution is 6.35. The van der Waals surface area contributed by atoms with Crippen molar-refractivity contribution in [2.24, 2.45) is 4.99 Å². The molecule has 0 radical (unpaired) electrons. The molecule has 0 atom stereocenters. The number of rotatable bonds is 3. The fourth-order valence-electron chi connectivity index (χ4n) is 3.49. The third-order valence-electron chi connectivity index (χ3n) is 5.33. The summed E-state index contributed by atoms with van der Waals surface area (Å²) in [5, 5.41) is 1.66. The van der Waals surface area contributed by atoms with Crippen LogP contribution in [0, 0.1) is 0 Å². The molecule has 0 unspecified atom stereocenters. The Hall–Kier alpha value is -2.73. The summed E-state index contributed by atoms with van der Waals surface area (Å²) >= 11 is 6.28. The maximum atomic E-state index is 12.8. The molecule has 0 saturated carbocycles. The zero-order valence-corrected chi connectivity index (χ0v) is 17.7. The second-order valence-electron chi connectivity index (χ2n) is 7.24. The number of fused-ring (bicyclic) bond motifs is 1. The Morgan fingerprint density at radius 1 is 1.27 bits per heavy atom. The van der Waals surface area contributed by atoms with Crippen molar-refractivity contribution < 1.29 is 13.2 Å². The van der Waals surface area contributed by atoms with Gasteiger partial charge in [-0.3, -0.25) is 0 Å². The molecule has 0 spiro atoms. The number of likely N-dealkylation sites (tertiary alicyclic amines) is 1. The lowest BCUT2D eigenvalue weighted by Gasteiger charge is -2.33. The van der Waals surface area contributed by atoms with Gasteiger partial charge in [0.05, 0.1) is 10.5 Å². The average Bonchev–Trinajstić information content (AvgIpc) is 3.19. The number of H-pyrrole nitrogens is 1. The van der Waals surface area contributed by atoms with Gasteiger partial charge < -0.3 is 9.88 Å². The van der Waals surface area contributed by atoms with Crippen LogP contribution in [0.4, 0.5) is 13.2 Å². The Bertz CT molecular complexity index is 1090. The number of hydrogen-bond acceptors (Lipinski definition) is 1. The van der Waals surface area contributed by atoms with Gasteiger partial charge in [-0.05, 0) is 60.8 Å². The van der Waals surface area contributed by atoms with Crippen LogP contribution >= 0.6 is 11.6 Å². The first-order valence-electron chi connectivity index (χ1n) is 9.46. The number of nitrogens with one attached hydrogen (secondary N) is 1. The number of allylic oxidation sites excluding steroid dienone is 2. The molecule has 158 valence electrons. The number of benzene rings is 1. The second kappa shape index (κ2) is 8.56. The van der Waals surface area contributed by atoms with E-state index >= 15 is 0 Å². The van der Waals surface area contributed by atoms with Crippen LogP contribution in [-0.2, 0) is 0 Å². The molecule has 3 nitrogen and oxygen atoms in total. The maximum absolute atomic E-state index is 12.8. The number of nitrogens with zero attached hydrogens (tertiary/aromatic N) is 2. The molecule has 0 bridgehead atoms. The van der Waals surface area contributed by atoms with E-state index in [2.05, 4.69) is 23.1 Å². The Morgan fingerprint density at radius 2 is 2.00 bits per heavy atom. The summed E-state index contributed by atoms with van der Waals surface area (Å²) in [5.41, 5.74) is 4.25. The molecule has 1 aliphatic rings. The van der Waals surface area contributed by atoms with Gasteiger partial charge in [0.15, 0.2) is 0 Å². The van der Waals surface area contributed by atoms with Gasteiger partial charge in [-0.2, -0.15) is 13.2 Å². The number of hydrogen-bond donors (Lipinski definition) is 1. The lowest BCUT2D eigenvalue weighted by molar-refractivity contribution is -0.0914. The first kappa shape index (κ1) is 22.0. The molecule has 30 heavy (non-hydrogen) atoms. The van der Waals surface area contributed by atoms with Gasteiger partial charge in [-0.15, -0.1) is 0 Å². The lowest BCUT2D eigenvalue weighted by Crippen LogP contribution is -2.36. The Kier molecular flexibility index (Phi) is 6.27. The van der Waals surface area contributed by atoms with Crippen molar-refractivity contribution in [1.29, 1.82) is 0 Å². The number of aliphatic imine (C=N–C) groups is 1. The number of amidine groups is 1. The van der Waals surface area contributed by atoms with Gasteiger partial charge in [-0.25, -0.2) is 4.99 Å². The van der Waals surface area contributed by atoms with Crippen molar-refractivity contribution >= 4 is 33.9 Å². The molecule has 2 aromatic rings. The van der Waals surface area contributed by atoms with Crippen LogP contribution in [0.15, 0.2) is 71.5 Å². The van der Waals surface area contributed by atoms with Gasteiger partial charge in [0.2, 0.25) is 0 Å². The second-order valence-corrected chi connectivity index (χ2v) is 7.65. The van der Waals surface area contributed by atoms with Gasteiger partial charge >= 0.3 is 6.18 Å². The average molecular weight is 434 g/mol. The molecule has 1 fully saturated rings. The minimum Gasteiger partial charge on any atom is -0.360 e. The number of alkyl halides is 3. The van der Waals surface area contributed by atoms with E-state index in [1.165, 1.54) is 6.08 Å². The number of piperidine rings is 1. The van der Waals surface area contributed by atoms with E-state index in [1.807, 2.05) is 36.2 Å². The van der Waals surface area contributed by atoms with E-state index in [4.69, 9.17) is 11.6 Å².